The fraction of sp³-hybridized carbons (Fsp3) is 0.846. The van der Waals surface area contributed by atoms with Crippen molar-refractivity contribution in [1.29, 1.82) is 0 Å². The fourth-order valence-electron chi connectivity index (χ4n) is 1.98. The Morgan fingerprint density at radius 3 is 2.61 bits per heavy atom. The third-order valence-electron chi connectivity index (χ3n) is 3.28. The molecule has 0 aliphatic heterocycles. The molecule has 1 aromatic heterocycles. The first kappa shape index (κ1) is 15.5. The zero-order chi connectivity index (χ0) is 13.4. The van der Waals surface area contributed by atoms with Crippen molar-refractivity contribution in [2.75, 3.05) is 5.75 Å². The molecule has 0 aliphatic carbocycles. The predicted molar refractivity (Wildman–Crippen MR) is 77.6 cm³/mol. The van der Waals surface area contributed by atoms with Crippen LogP contribution in [0.5, 0.6) is 0 Å². The highest BCUT2D eigenvalue weighted by molar-refractivity contribution is 7.99. The topological polar surface area (TPSA) is 56.7 Å². The third kappa shape index (κ3) is 4.28. The van der Waals surface area contributed by atoms with Crippen LogP contribution in [0.4, 0.5) is 0 Å². The quantitative estimate of drug-likeness (QED) is 0.701. The van der Waals surface area contributed by atoms with Crippen LogP contribution in [0.1, 0.15) is 52.3 Å². The minimum absolute atomic E-state index is 0.467. The highest BCUT2D eigenvalue weighted by atomic mass is 32.2. The van der Waals surface area contributed by atoms with Gasteiger partial charge in [0, 0.05) is 12.3 Å². The lowest BCUT2D eigenvalue weighted by Gasteiger charge is -2.13. The summed E-state index contributed by atoms with van der Waals surface area (Å²) < 4.78 is 2.12. The lowest BCUT2D eigenvalue weighted by atomic mass is 10.0. The molecule has 2 N–H and O–H groups in total. The summed E-state index contributed by atoms with van der Waals surface area (Å²) in [6.45, 7) is 8.00. The molecule has 1 unspecified atom stereocenters. The number of thioether (sulfide) groups is 1. The summed E-state index contributed by atoms with van der Waals surface area (Å²) in [4.78, 5) is 0. The van der Waals surface area contributed by atoms with Crippen LogP contribution in [0, 0.1) is 5.92 Å². The number of hydrogen-bond acceptors (Lipinski definition) is 4. The van der Waals surface area contributed by atoms with E-state index in [1.807, 2.05) is 11.8 Å². The molecule has 0 bridgehead atoms. The van der Waals surface area contributed by atoms with Gasteiger partial charge in [-0.2, -0.15) is 0 Å². The van der Waals surface area contributed by atoms with Crippen LogP contribution in [0.25, 0.3) is 0 Å². The Morgan fingerprint density at radius 1 is 1.28 bits per heavy atom. The monoisotopic (exact) mass is 270 g/mol. The molecule has 0 aliphatic rings. The second-order valence-electron chi connectivity index (χ2n) is 4.57. The van der Waals surface area contributed by atoms with Crippen LogP contribution < -0.4 is 5.73 Å². The first-order valence-corrected chi connectivity index (χ1v) is 8.00. The molecular weight excluding hydrogens is 244 g/mol. The zero-order valence-corrected chi connectivity index (χ0v) is 12.7. The Labute approximate surface area is 115 Å². The van der Waals surface area contributed by atoms with Gasteiger partial charge in [0.15, 0.2) is 5.16 Å². The number of hydrogen-bond donors (Lipinski definition) is 1. The van der Waals surface area contributed by atoms with Gasteiger partial charge in [-0.05, 0) is 19.3 Å². The van der Waals surface area contributed by atoms with Gasteiger partial charge < -0.3 is 10.3 Å². The molecule has 1 atom stereocenters. The first-order valence-electron chi connectivity index (χ1n) is 7.01. The molecule has 1 aromatic rings. The number of aromatic nitrogens is 3. The molecule has 1 rings (SSSR count). The average Bonchev–Trinajstić information content (AvgIpc) is 2.81. The Balaban J connectivity index is 2.53. The first-order chi connectivity index (χ1) is 8.76. The number of nitrogens with zero attached hydrogens (tertiary/aromatic N) is 3. The van der Waals surface area contributed by atoms with E-state index in [0.717, 1.165) is 29.2 Å². The van der Waals surface area contributed by atoms with E-state index in [1.54, 1.807) is 0 Å². The second-order valence-corrected chi connectivity index (χ2v) is 5.56. The van der Waals surface area contributed by atoms with Crippen LogP contribution in [-0.4, -0.2) is 20.5 Å². The van der Waals surface area contributed by atoms with Crippen molar-refractivity contribution in [2.24, 2.45) is 11.7 Å². The molecule has 1 heterocycles. The van der Waals surface area contributed by atoms with Gasteiger partial charge in [-0.15, -0.1) is 10.2 Å². The van der Waals surface area contributed by atoms with Crippen LogP contribution >= 0.6 is 11.8 Å². The third-order valence-corrected chi connectivity index (χ3v) is 4.48. The molecule has 18 heavy (non-hydrogen) atoms. The van der Waals surface area contributed by atoms with Crippen molar-refractivity contribution in [2.45, 2.75) is 64.7 Å². The maximum Gasteiger partial charge on any atom is 0.191 e. The molecule has 0 aromatic carbocycles. The van der Waals surface area contributed by atoms with E-state index in [1.165, 1.54) is 25.7 Å². The van der Waals surface area contributed by atoms with E-state index >= 15 is 0 Å². The van der Waals surface area contributed by atoms with Gasteiger partial charge in [-0.25, -0.2) is 0 Å². The Kier molecular flexibility index (Phi) is 7.35. The molecule has 0 radical (unpaired) electrons. The summed E-state index contributed by atoms with van der Waals surface area (Å²) in [5.41, 5.74) is 5.65. The maximum atomic E-state index is 5.65. The Morgan fingerprint density at radius 2 is 2.06 bits per heavy atom. The highest BCUT2D eigenvalue weighted by Gasteiger charge is 2.12. The lowest BCUT2D eigenvalue weighted by Crippen LogP contribution is -2.09. The van der Waals surface area contributed by atoms with Gasteiger partial charge in [0.1, 0.15) is 5.82 Å². The molecule has 4 nitrogen and oxygen atoms in total. The minimum Gasteiger partial charge on any atom is -0.324 e. The minimum atomic E-state index is 0.467. The van der Waals surface area contributed by atoms with Crippen LogP contribution in [0.3, 0.4) is 0 Å². The van der Waals surface area contributed by atoms with Crippen molar-refractivity contribution in [3.05, 3.63) is 5.82 Å². The number of nitrogens with two attached hydrogens (primary N) is 1. The van der Waals surface area contributed by atoms with Gasteiger partial charge in [0.2, 0.25) is 0 Å². The number of rotatable bonds is 9. The van der Waals surface area contributed by atoms with E-state index < -0.39 is 0 Å². The average molecular weight is 270 g/mol. The van der Waals surface area contributed by atoms with Crippen LogP contribution in [0.15, 0.2) is 5.16 Å². The van der Waals surface area contributed by atoms with Gasteiger partial charge in [-0.1, -0.05) is 44.9 Å². The van der Waals surface area contributed by atoms with Crippen molar-refractivity contribution in [3.63, 3.8) is 0 Å². The van der Waals surface area contributed by atoms with E-state index in [4.69, 9.17) is 5.73 Å². The Bertz CT molecular complexity index is 338. The van der Waals surface area contributed by atoms with Crippen molar-refractivity contribution < 1.29 is 0 Å². The van der Waals surface area contributed by atoms with Crippen LogP contribution in [-0.2, 0) is 13.1 Å². The fourth-order valence-corrected chi connectivity index (χ4v) is 3.26. The number of unbranched alkanes of at least 4 members (excludes halogenated alkanes) is 1. The SMILES string of the molecule is CCCCC(CC)CSc1nnc(CN)n1CC. The standard InChI is InChI=1S/C13H26N4S/c1-4-7-8-11(5-2)10-18-13-16-15-12(9-14)17(13)6-3/h11H,4-10,14H2,1-3H3. The molecule has 0 amide bonds. The van der Waals surface area contributed by atoms with Crippen LogP contribution in [0.2, 0.25) is 0 Å². The molecule has 0 fully saturated rings. The van der Waals surface area contributed by atoms with Crippen molar-refractivity contribution >= 4 is 11.8 Å². The highest BCUT2D eigenvalue weighted by Crippen LogP contribution is 2.24. The van der Waals surface area contributed by atoms with Gasteiger partial charge in [0.25, 0.3) is 0 Å². The van der Waals surface area contributed by atoms with Gasteiger partial charge in [-0.3, -0.25) is 0 Å². The summed E-state index contributed by atoms with van der Waals surface area (Å²) in [5.74, 6) is 2.82. The Hall–Kier alpha value is -0.550. The molecule has 0 saturated carbocycles. The summed E-state index contributed by atoms with van der Waals surface area (Å²) >= 11 is 1.82. The summed E-state index contributed by atoms with van der Waals surface area (Å²) in [6, 6.07) is 0. The summed E-state index contributed by atoms with van der Waals surface area (Å²) in [7, 11) is 0. The van der Waals surface area contributed by atoms with E-state index in [9.17, 15) is 0 Å². The van der Waals surface area contributed by atoms with Gasteiger partial charge in [0.05, 0.1) is 6.54 Å². The van der Waals surface area contributed by atoms with Gasteiger partial charge >= 0.3 is 0 Å². The summed E-state index contributed by atoms with van der Waals surface area (Å²) in [6.07, 6.45) is 5.18. The van der Waals surface area contributed by atoms with Crippen molar-refractivity contribution in [1.82, 2.24) is 14.8 Å². The van der Waals surface area contributed by atoms with Crippen molar-refractivity contribution in [3.8, 4) is 0 Å². The summed E-state index contributed by atoms with van der Waals surface area (Å²) in [5, 5.41) is 9.40. The van der Waals surface area contributed by atoms with E-state index in [2.05, 4.69) is 35.5 Å². The largest absolute Gasteiger partial charge is 0.324 e. The zero-order valence-electron chi connectivity index (χ0n) is 11.9. The molecule has 0 spiro atoms. The molecule has 0 saturated heterocycles. The predicted octanol–water partition coefficient (Wildman–Crippen LogP) is 3.07. The van der Waals surface area contributed by atoms with E-state index in [-0.39, 0.29) is 0 Å². The maximum absolute atomic E-state index is 5.65. The van der Waals surface area contributed by atoms with E-state index in [0.29, 0.717) is 6.54 Å². The second kappa shape index (κ2) is 8.53. The molecule has 5 heteroatoms. The molecule has 104 valence electrons. The normalized spacial score (nSPS) is 12.9. The smallest absolute Gasteiger partial charge is 0.191 e. The lowest BCUT2D eigenvalue weighted by molar-refractivity contribution is 0.498. The molecular formula is C13H26N4S.